The molecule has 8 nitrogen and oxygen atoms in total. The van der Waals surface area contributed by atoms with Gasteiger partial charge in [0, 0.05) is 26.2 Å². The van der Waals surface area contributed by atoms with Crippen LogP contribution in [0.5, 0.6) is 0 Å². The van der Waals surface area contributed by atoms with Crippen LogP contribution in [0.3, 0.4) is 0 Å². The average Bonchev–Trinajstić information content (AvgIpc) is 3.09. The summed E-state index contributed by atoms with van der Waals surface area (Å²) in [4.78, 5) is 2.17. The molecule has 136 valence electrons. The summed E-state index contributed by atoms with van der Waals surface area (Å²) in [5, 5.41) is 12.1. The first-order valence-corrected chi connectivity index (χ1v) is 9.57. The van der Waals surface area contributed by atoms with Gasteiger partial charge in [0.25, 0.3) is 0 Å². The fraction of sp³-hybridized carbons (Fsp3) is 0.312. The Kier molecular flexibility index (Phi) is 4.08. The first kappa shape index (κ1) is 16.9. The number of nitrogens with zero attached hydrogens (tertiary/aromatic N) is 6. The Morgan fingerprint density at radius 1 is 1.08 bits per heavy atom. The van der Waals surface area contributed by atoms with E-state index < -0.39 is 15.8 Å². The minimum Gasteiger partial charge on any atom is -0.353 e. The van der Waals surface area contributed by atoms with Crippen molar-refractivity contribution in [2.75, 3.05) is 31.1 Å². The molecular formula is C16H17FN6O2S. The first-order valence-electron chi connectivity index (χ1n) is 8.13. The fourth-order valence-corrected chi connectivity index (χ4v) is 4.71. The van der Waals surface area contributed by atoms with Crippen molar-refractivity contribution in [1.29, 1.82) is 0 Å². The molecule has 0 bridgehead atoms. The maximum atomic E-state index is 13.3. The molecule has 26 heavy (non-hydrogen) atoms. The third kappa shape index (κ3) is 2.90. The number of sulfonamides is 1. The van der Waals surface area contributed by atoms with Gasteiger partial charge < -0.3 is 4.90 Å². The second-order valence-electron chi connectivity index (χ2n) is 6.13. The number of piperazine rings is 1. The Bertz CT molecular complexity index is 1060. The minimum absolute atomic E-state index is 0.149. The van der Waals surface area contributed by atoms with E-state index in [-0.39, 0.29) is 4.90 Å². The molecule has 0 N–H and O–H groups in total. The van der Waals surface area contributed by atoms with E-state index in [1.165, 1.54) is 28.8 Å². The standard InChI is InChI=1S/C16H17FN6O2S/c1-12-10-13(17)2-3-14(12)26(24,25)22-8-6-21(7-9-22)16-5-4-15-19-18-11-23(15)20-16/h2-5,10-11H,6-9H2,1H3. The lowest BCUT2D eigenvalue weighted by atomic mass is 10.2. The van der Waals surface area contributed by atoms with E-state index >= 15 is 0 Å². The summed E-state index contributed by atoms with van der Waals surface area (Å²) in [5.41, 5.74) is 1.06. The molecule has 1 aromatic carbocycles. The van der Waals surface area contributed by atoms with Gasteiger partial charge in [-0.3, -0.25) is 0 Å². The molecule has 0 amide bonds. The summed E-state index contributed by atoms with van der Waals surface area (Å²) < 4.78 is 42.0. The molecule has 2 aromatic heterocycles. The fourth-order valence-electron chi connectivity index (χ4n) is 3.09. The van der Waals surface area contributed by atoms with Crippen LogP contribution in [-0.4, -0.2) is 58.7 Å². The molecule has 0 atom stereocenters. The molecule has 0 saturated carbocycles. The largest absolute Gasteiger partial charge is 0.353 e. The number of fused-ring (bicyclic) bond motifs is 1. The molecule has 0 unspecified atom stereocenters. The summed E-state index contributed by atoms with van der Waals surface area (Å²) in [6.45, 7) is 3.30. The summed E-state index contributed by atoms with van der Waals surface area (Å²) in [5.74, 6) is 0.300. The Hall–Kier alpha value is -2.59. The zero-order chi connectivity index (χ0) is 18.3. The lowest BCUT2D eigenvalue weighted by Gasteiger charge is -2.34. The molecule has 3 heterocycles. The smallest absolute Gasteiger partial charge is 0.243 e. The molecule has 0 radical (unpaired) electrons. The Labute approximate surface area is 149 Å². The molecule has 4 rings (SSSR count). The van der Waals surface area contributed by atoms with E-state index in [0.29, 0.717) is 37.4 Å². The van der Waals surface area contributed by atoms with Crippen LogP contribution in [-0.2, 0) is 10.0 Å². The number of benzene rings is 1. The van der Waals surface area contributed by atoms with Gasteiger partial charge in [0.2, 0.25) is 10.0 Å². The SMILES string of the molecule is Cc1cc(F)ccc1S(=O)(=O)N1CCN(c2ccc3nncn3n2)CC1. The van der Waals surface area contributed by atoms with Crippen LogP contribution in [0.4, 0.5) is 10.2 Å². The van der Waals surface area contributed by atoms with Crippen molar-refractivity contribution in [3.63, 3.8) is 0 Å². The van der Waals surface area contributed by atoms with Gasteiger partial charge in [0.05, 0.1) is 4.90 Å². The predicted molar refractivity (Wildman–Crippen MR) is 92.9 cm³/mol. The zero-order valence-corrected chi connectivity index (χ0v) is 14.9. The Morgan fingerprint density at radius 3 is 2.58 bits per heavy atom. The summed E-state index contributed by atoms with van der Waals surface area (Å²) >= 11 is 0. The van der Waals surface area contributed by atoms with Gasteiger partial charge >= 0.3 is 0 Å². The highest BCUT2D eigenvalue weighted by molar-refractivity contribution is 7.89. The number of aromatic nitrogens is 4. The first-order chi connectivity index (χ1) is 12.4. The van der Waals surface area contributed by atoms with Crippen LogP contribution in [0.1, 0.15) is 5.56 Å². The molecule has 10 heteroatoms. The summed E-state index contributed by atoms with van der Waals surface area (Å²) in [6, 6.07) is 7.41. The van der Waals surface area contributed by atoms with Gasteiger partial charge in [-0.1, -0.05) is 0 Å². The molecule has 1 fully saturated rings. The summed E-state index contributed by atoms with van der Waals surface area (Å²) in [6.07, 6.45) is 1.52. The molecule has 1 aliphatic rings. The van der Waals surface area contributed by atoms with E-state index in [1.54, 1.807) is 11.4 Å². The third-order valence-electron chi connectivity index (χ3n) is 4.47. The van der Waals surface area contributed by atoms with Crippen molar-refractivity contribution in [2.45, 2.75) is 11.8 Å². The van der Waals surface area contributed by atoms with Crippen molar-refractivity contribution in [1.82, 2.24) is 24.1 Å². The van der Waals surface area contributed by atoms with E-state index in [2.05, 4.69) is 15.3 Å². The van der Waals surface area contributed by atoms with Gasteiger partial charge in [-0.25, -0.2) is 12.8 Å². The van der Waals surface area contributed by atoms with Crippen molar-refractivity contribution in [2.24, 2.45) is 0 Å². The normalized spacial score (nSPS) is 16.3. The Balaban J connectivity index is 1.52. The van der Waals surface area contributed by atoms with E-state index in [9.17, 15) is 12.8 Å². The van der Waals surface area contributed by atoms with Gasteiger partial charge in [-0.15, -0.1) is 15.3 Å². The molecule has 3 aromatic rings. The number of halogens is 1. The second kappa shape index (κ2) is 6.29. The van der Waals surface area contributed by atoms with Crippen LogP contribution in [0.25, 0.3) is 5.65 Å². The number of anilines is 1. The van der Waals surface area contributed by atoms with Crippen molar-refractivity contribution >= 4 is 21.5 Å². The zero-order valence-electron chi connectivity index (χ0n) is 14.1. The average molecular weight is 376 g/mol. The lowest BCUT2D eigenvalue weighted by molar-refractivity contribution is 0.383. The number of hydrogen-bond acceptors (Lipinski definition) is 6. The van der Waals surface area contributed by atoms with Gasteiger partial charge in [-0.05, 0) is 42.8 Å². The topological polar surface area (TPSA) is 83.7 Å². The summed E-state index contributed by atoms with van der Waals surface area (Å²) in [7, 11) is -3.65. The van der Waals surface area contributed by atoms with Gasteiger partial charge in [-0.2, -0.15) is 8.82 Å². The number of aryl methyl sites for hydroxylation is 1. The van der Waals surface area contributed by atoms with Crippen molar-refractivity contribution < 1.29 is 12.8 Å². The van der Waals surface area contributed by atoms with Crippen LogP contribution in [0.15, 0.2) is 41.6 Å². The third-order valence-corrected chi connectivity index (χ3v) is 6.52. The van der Waals surface area contributed by atoms with Crippen molar-refractivity contribution in [3.8, 4) is 0 Å². The maximum absolute atomic E-state index is 13.3. The molecule has 0 spiro atoms. The van der Waals surface area contributed by atoms with Crippen LogP contribution < -0.4 is 4.90 Å². The minimum atomic E-state index is -3.65. The molecule has 0 aliphatic carbocycles. The van der Waals surface area contributed by atoms with E-state index in [1.807, 2.05) is 17.0 Å². The van der Waals surface area contributed by atoms with E-state index in [0.717, 1.165) is 5.82 Å². The number of hydrogen-bond donors (Lipinski definition) is 0. The van der Waals surface area contributed by atoms with Crippen LogP contribution >= 0.6 is 0 Å². The van der Waals surface area contributed by atoms with Crippen molar-refractivity contribution in [3.05, 3.63) is 48.0 Å². The monoisotopic (exact) mass is 376 g/mol. The Morgan fingerprint density at radius 2 is 1.85 bits per heavy atom. The van der Waals surface area contributed by atoms with Crippen LogP contribution in [0.2, 0.25) is 0 Å². The highest BCUT2D eigenvalue weighted by Gasteiger charge is 2.30. The second-order valence-corrected chi connectivity index (χ2v) is 8.03. The predicted octanol–water partition coefficient (Wildman–Crippen LogP) is 1.08. The molecule has 1 saturated heterocycles. The highest BCUT2D eigenvalue weighted by atomic mass is 32.2. The number of rotatable bonds is 3. The highest BCUT2D eigenvalue weighted by Crippen LogP contribution is 2.23. The lowest BCUT2D eigenvalue weighted by Crippen LogP contribution is -2.49. The van der Waals surface area contributed by atoms with Crippen LogP contribution in [0, 0.1) is 12.7 Å². The van der Waals surface area contributed by atoms with Gasteiger partial charge in [0.15, 0.2) is 5.65 Å². The van der Waals surface area contributed by atoms with Gasteiger partial charge in [0.1, 0.15) is 18.0 Å². The van der Waals surface area contributed by atoms with E-state index in [4.69, 9.17) is 0 Å². The molecule has 1 aliphatic heterocycles. The maximum Gasteiger partial charge on any atom is 0.243 e. The molecular weight excluding hydrogens is 359 g/mol. The quantitative estimate of drug-likeness (QED) is 0.680.